The van der Waals surface area contributed by atoms with Crippen LogP contribution in [0, 0.1) is 20.8 Å². The van der Waals surface area contributed by atoms with E-state index in [0.717, 1.165) is 39.1 Å². The van der Waals surface area contributed by atoms with Gasteiger partial charge >= 0.3 is 0 Å². The molecule has 0 radical (unpaired) electrons. The van der Waals surface area contributed by atoms with Crippen LogP contribution in [0.15, 0.2) is 65.6 Å². The van der Waals surface area contributed by atoms with Crippen molar-refractivity contribution < 1.29 is 8.42 Å². The normalized spacial score (nSPS) is 13.3. The molecule has 0 aliphatic carbocycles. The van der Waals surface area contributed by atoms with Gasteiger partial charge in [0.2, 0.25) is 0 Å². The Balaban J connectivity index is 1.92. The highest BCUT2D eigenvalue weighted by atomic mass is 32.2. The Hall–Kier alpha value is -2.59. The number of rotatable bonds is 2. The average molecular weight is 363 g/mol. The van der Waals surface area contributed by atoms with Gasteiger partial charge in [0.1, 0.15) is 0 Å². The highest BCUT2D eigenvalue weighted by Crippen LogP contribution is 2.42. The predicted octanol–water partition coefficient (Wildman–Crippen LogP) is 4.99. The predicted molar refractivity (Wildman–Crippen MR) is 106 cm³/mol. The van der Waals surface area contributed by atoms with Crippen LogP contribution in [0.1, 0.15) is 22.3 Å². The van der Waals surface area contributed by atoms with E-state index in [1.807, 2.05) is 45.0 Å². The fourth-order valence-corrected chi connectivity index (χ4v) is 4.95. The fourth-order valence-electron chi connectivity index (χ4n) is 3.49. The number of hydrogen-bond donors (Lipinski definition) is 0. The first-order chi connectivity index (χ1) is 12.4. The third-order valence-electron chi connectivity index (χ3n) is 4.89. The van der Waals surface area contributed by atoms with Crippen LogP contribution in [0.4, 0.5) is 5.69 Å². The summed E-state index contributed by atoms with van der Waals surface area (Å²) in [6.07, 6.45) is 0. The van der Waals surface area contributed by atoms with Gasteiger partial charge in [0.15, 0.2) is 0 Å². The maximum Gasteiger partial charge on any atom is 0.264 e. The van der Waals surface area contributed by atoms with Gasteiger partial charge < -0.3 is 0 Å². The SMILES string of the molecule is Cc1ccc(S(=O)(=O)N2Cc3cc(C)ccc3-c3cc(C)ccc32)cc1. The molecule has 1 aliphatic rings. The van der Waals surface area contributed by atoms with Crippen molar-refractivity contribution in [2.24, 2.45) is 0 Å². The third kappa shape index (κ3) is 2.71. The minimum Gasteiger partial charge on any atom is -0.261 e. The van der Waals surface area contributed by atoms with E-state index < -0.39 is 10.0 Å². The molecule has 3 aromatic rings. The van der Waals surface area contributed by atoms with E-state index in [2.05, 4.69) is 24.3 Å². The Morgan fingerprint density at radius 3 is 2.08 bits per heavy atom. The van der Waals surface area contributed by atoms with E-state index in [0.29, 0.717) is 11.4 Å². The average Bonchev–Trinajstić information content (AvgIpc) is 2.61. The van der Waals surface area contributed by atoms with E-state index in [-0.39, 0.29) is 0 Å². The molecule has 0 N–H and O–H groups in total. The molecule has 3 nitrogen and oxygen atoms in total. The lowest BCUT2D eigenvalue weighted by Gasteiger charge is -2.32. The summed E-state index contributed by atoms with van der Waals surface area (Å²) in [5.74, 6) is 0. The zero-order valence-corrected chi connectivity index (χ0v) is 16.0. The van der Waals surface area contributed by atoms with Gasteiger partial charge in [-0.3, -0.25) is 4.31 Å². The smallest absolute Gasteiger partial charge is 0.261 e. The molecular formula is C22H21NO2S. The van der Waals surface area contributed by atoms with Crippen LogP contribution in [0.5, 0.6) is 0 Å². The molecule has 0 unspecified atom stereocenters. The van der Waals surface area contributed by atoms with Gasteiger partial charge in [-0.1, -0.05) is 53.1 Å². The zero-order chi connectivity index (χ0) is 18.5. The van der Waals surface area contributed by atoms with Crippen molar-refractivity contribution in [3.8, 4) is 11.1 Å². The van der Waals surface area contributed by atoms with Gasteiger partial charge in [-0.05, 0) is 56.2 Å². The first kappa shape index (κ1) is 16.9. The van der Waals surface area contributed by atoms with Crippen molar-refractivity contribution >= 4 is 15.7 Å². The van der Waals surface area contributed by atoms with E-state index in [1.54, 1.807) is 12.1 Å². The molecular weight excluding hydrogens is 342 g/mol. The molecule has 0 spiro atoms. The Labute approximate surface area is 155 Å². The first-order valence-corrected chi connectivity index (χ1v) is 10.1. The monoisotopic (exact) mass is 363 g/mol. The van der Waals surface area contributed by atoms with Gasteiger partial charge in [-0.15, -0.1) is 0 Å². The van der Waals surface area contributed by atoms with E-state index >= 15 is 0 Å². The molecule has 0 bridgehead atoms. The summed E-state index contributed by atoms with van der Waals surface area (Å²) >= 11 is 0. The standard InChI is InChI=1S/C22H21NO2S/c1-15-4-8-19(9-5-15)26(24,25)23-14-18-12-16(2)6-10-20(18)21-13-17(3)7-11-22(21)23/h4-13H,14H2,1-3H3. The number of fused-ring (bicyclic) bond motifs is 3. The highest BCUT2D eigenvalue weighted by molar-refractivity contribution is 7.92. The quantitative estimate of drug-likeness (QED) is 0.643. The minimum atomic E-state index is -3.63. The Morgan fingerprint density at radius 2 is 1.35 bits per heavy atom. The Bertz CT molecular complexity index is 1100. The molecule has 0 amide bonds. The molecule has 4 heteroatoms. The molecule has 1 aliphatic heterocycles. The van der Waals surface area contributed by atoms with E-state index in [1.165, 1.54) is 4.31 Å². The topological polar surface area (TPSA) is 37.4 Å². The largest absolute Gasteiger partial charge is 0.264 e. The lowest BCUT2D eigenvalue weighted by Crippen LogP contribution is -2.33. The second-order valence-electron chi connectivity index (χ2n) is 7.01. The van der Waals surface area contributed by atoms with Gasteiger partial charge in [0.05, 0.1) is 17.1 Å². The third-order valence-corrected chi connectivity index (χ3v) is 6.67. The van der Waals surface area contributed by atoms with Gasteiger partial charge in [-0.25, -0.2) is 8.42 Å². The van der Waals surface area contributed by atoms with Crippen molar-refractivity contribution in [3.05, 3.63) is 82.9 Å². The Morgan fingerprint density at radius 1 is 0.731 bits per heavy atom. The highest BCUT2D eigenvalue weighted by Gasteiger charge is 2.31. The molecule has 4 rings (SSSR count). The summed E-state index contributed by atoms with van der Waals surface area (Å²) in [7, 11) is -3.63. The van der Waals surface area contributed by atoms with Crippen molar-refractivity contribution in [1.82, 2.24) is 0 Å². The fraction of sp³-hybridized carbons (Fsp3) is 0.182. The van der Waals surface area contributed by atoms with Crippen molar-refractivity contribution in [1.29, 1.82) is 0 Å². The molecule has 0 fully saturated rings. The van der Waals surface area contributed by atoms with Crippen LogP contribution >= 0.6 is 0 Å². The lowest BCUT2D eigenvalue weighted by molar-refractivity contribution is 0.590. The molecule has 0 saturated heterocycles. The summed E-state index contributed by atoms with van der Waals surface area (Å²) in [4.78, 5) is 0.325. The Kier molecular flexibility index (Phi) is 3.88. The molecule has 132 valence electrons. The van der Waals surface area contributed by atoms with Crippen LogP contribution < -0.4 is 4.31 Å². The van der Waals surface area contributed by atoms with Crippen LogP contribution in [0.3, 0.4) is 0 Å². The molecule has 0 saturated carbocycles. The van der Waals surface area contributed by atoms with Crippen molar-refractivity contribution in [2.75, 3.05) is 4.31 Å². The van der Waals surface area contributed by atoms with Crippen LogP contribution in [0.2, 0.25) is 0 Å². The zero-order valence-electron chi connectivity index (χ0n) is 15.2. The maximum atomic E-state index is 13.4. The van der Waals surface area contributed by atoms with Crippen molar-refractivity contribution in [3.63, 3.8) is 0 Å². The maximum absolute atomic E-state index is 13.4. The van der Waals surface area contributed by atoms with Crippen LogP contribution in [0.25, 0.3) is 11.1 Å². The molecule has 1 heterocycles. The van der Waals surface area contributed by atoms with Gasteiger partial charge in [0, 0.05) is 5.56 Å². The summed E-state index contributed by atoms with van der Waals surface area (Å²) < 4.78 is 28.3. The summed E-state index contributed by atoms with van der Waals surface area (Å²) in [5.41, 5.74) is 7.16. The molecule has 3 aromatic carbocycles. The van der Waals surface area contributed by atoms with E-state index in [4.69, 9.17) is 0 Å². The van der Waals surface area contributed by atoms with Crippen LogP contribution in [-0.4, -0.2) is 8.42 Å². The second-order valence-corrected chi connectivity index (χ2v) is 8.87. The van der Waals surface area contributed by atoms with Gasteiger partial charge in [-0.2, -0.15) is 0 Å². The first-order valence-electron chi connectivity index (χ1n) is 8.66. The number of sulfonamides is 1. The minimum absolute atomic E-state index is 0.325. The van der Waals surface area contributed by atoms with Gasteiger partial charge in [0.25, 0.3) is 10.0 Å². The number of anilines is 1. The number of benzene rings is 3. The number of hydrogen-bond acceptors (Lipinski definition) is 2. The molecule has 26 heavy (non-hydrogen) atoms. The number of nitrogens with zero attached hydrogens (tertiary/aromatic N) is 1. The van der Waals surface area contributed by atoms with E-state index in [9.17, 15) is 8.42 Å². The van der Waals surface area contributed by atoms with Crippen LogP contribution in [-0.2, 0) is 16.6 Å². The summed E-state index contributed by atoms with van der Waals surface area (Å²) in [6, 6.07) is 19.3. The lowest BCUT2D eigenvalue weighted by atomic mass is 9.92. The molecule has 0 aromatic heterocycles. The summed E-state index contributed by atoms with van der Waals surface area (Å²) in [5, 5.41) is 0. The molecule has 0 atom stereocenters. The van der Waals surface area contributed by atoms with Crippen molar-refractivity contribution in [2.45, 2.75) is 32.2 Å². The number of aryl methyl sites for hydroxylation is 3. The second kappa shape index (κ2) is 5.99. The summed E-state index contributed by atoms with van der Waals surface area (Å²) in [6.45, 7) is 6.37.